The summed E-state index contributed by atoms with van der Waals surface area (Å²) in [5, 5.41) is 11.3. The highest BCUT2D eigenvalue weighted by atomic mass is 16.5. The molecule has 6 heteroatoms. The number of nitrogens with zero attached hydrogens (tertiary/aromatic N) is 1. The van der Waals surface area contributed by atoms with Crippen molar-refractivity contribution in [3.05, 3.63) is 70.3 Å². The first-order valence-electron chi connectivity index (χ1n) is 12.3. The van der Waals surface area contributed by atoms with E-state index >= 15 is 0 Å². The van der Waals surface area contributed by atoms with Gasteiger partial charge in [0.05, 0.1) is 24.3 Å². The smallest absolute Gasteiger partial charge is 0.295 e. The number of fused-ring (bicyclic) bond motifs is 1. The summed E-state index contributed by atoms with van der Waals surface area (Å²) in [7, 11) is 0. The molecular weight excluding hydrogens is 442 g/mol. The Balaban J connectivity index is 1.75. The highest BCUT2D eigenvalue weighted by Crippen LogP contribution is 2.41. The number of carbonyl (C=O) groups is 2. The fourth-order valence-corrected chi connectivity index (χ4v) is 4.67. The molecule has 1 atom stereocenters. The minimum atomic E-state index is -0.660. The summed E-state index contributed by atoms with van der Waals surface area (Å²) >= 11 is 0. The molecule has 0 radical (unpaired) electrons. The van der Waals surface area contributed by atoms with Crippen LogP contribution in [-0.4, -0.2) is 47.6 Å². The maximum absolute atomic E-state index is 13.3. The Labute approximate surface area is 207 Å². The van der Waals surface area contributed by atoms with Crippen molar-refractivity contribution in [1.82, 2.24) is 4.90 Å². The van der Waals surface area contributed by atoms with Crippen molar-refractivity contribution in [2.45, 2.75) is 65.0 Å². The summed E-state index contributed by atoms with van der Waals surface area (Å²) in [5.41, 5.74) is 3.56. The lowest BCUT2D eigenvalue weighted by molar-refractivity contribution is -0.140. The third kappa shape index (κ3) is 5.13. The van der Waals surface area contributed by atoms with E-state index in [1.54, 1.807) is 11.0 Å². The van der Waals surface area contributed by atoms with Crippen molar-refractivity contribution in [1.29, 1.82) is 0 Å². The molecule has 0 spiro atoms. The lowest BCUT2D eigenvalue weighted by Gasteiger charge is -2.26. The van der Waals surface area contributed by atoms with Gasteiger partial charge in [0.15, 0.2) is 0 Å². The molecule has 1 saturated heterocycles. The van der Waals surface area contributed by atoms with Crippen molar-refractivity contribution in [3.8, 4) is 5.75 Å². The van der Waals surface area contributed by atoms with Crippen LogP contribution in [0.25, 0.3) is 5.76 Å². The van der Waals surface area contributed by atoms with Gasteiger partial charge in [0.25, 0.3) is 11.7 Å². The monoisotopic (exact) mass is 477 g/mol. The maximum atomic E-state index is 13.3. The van der Waals surface area contributed by atoms with Crippen molar-refractivity contribution in [2.75, 3.05) is 19.8 Å². The molecule has 0 aliphatic carbocycles. The minimum Gasteiger partial charge on any atom is -0.507 e. The number of ether oxygens (including phenoxy) is 2. The number of aliphatic hydroxyl groups is 1. The Hall–Kier alpha value is -3.12. The molecule has 1 amide bonds. The van der Waals surface area contributed by atoms with Gasteiger partial charge in [-0.2, -0.15) is 0 Å². The lowest BCUT2D eigenvalue weighted by atomic mass is 9.85. The predicted octanol–water partition coefficient (Wildman–Crippen LogP) is 5.16. The lowest BCUT2D eigenvalue weighted by Crippen LogP contribution is -2.31. The summed E-state index contributed by atoms with van der Waals surface area (Å²) in [6.45, 7) is 11.8. The molecule has 1 fully saturated rings. The summed E-state index contributed by atoms with van der Waals surface area (Å²) < 4.78 is 11.2. The summed E-state index contributed by atoms with van der Waals surface area (Å²) in [6.07, 6.45) is 1.44. The molecule has 186 valence electrons. The number of rotatable bonds is 7. The average molecular weight is 478 g/mol. The highest BCUT2D eigenvalue weighted by Gasteiger charge is 2.46. The molecular formula is C29H35NO5. The van der Waals surface area contributed by atoms with Gasteiger partial charge in [-0.1, -0.05) is 45.0 Å². The van der Waals surface area contributed by atoms with E-state index < -0.39 is 17.7 Å². The maximum Gasteiger partial charge on any atom is 0.295 e. The fraction of sp³-hybridized carbons (Fsp3) is 0.448. The van der Waals surface area contributed by atoms with Gasteiger partial charge in [0.2, 0.25) is 0 Å². The molecule has 0 saturated carbocycles. The third-order valence-corrected chi connectivity index (χ3v) is 6.59. The van der Waals surface area contributed by atoms with Crippen molar-refractivity contribution < 1.29 is 24.2 Å². The van der Waals surface area contributed by atoms with Gasteiger partial charge in [-0.05, 0) is 60.6 Å². The number of amides is 1. The van der Waals surface area contributed by atoms with Gasteiger partial charge in [-0.25, -0.2) is 0 Å². The Morgan fingerprint density at radius 2 is 1.86 bits per heavy atom. The van der Waals surface area contributed by atoms with E-state index in [1.165, 1.54) is 0 Å². The minimum absolute atomic E-state index is 0.0268. The normalized spacial score (nSPS) is 19.4. The second-order valence-electron chi connectivity index (χ2n) is 10.6. The van der Waals surface area contributed by atoms with Gasteiger partial charge in [0.1, 0.15) is 11.5 Å². The summed E-state index contributed by atoms with van der Waals surface area (Å²) in [4.78, 5) is 28.0. The number of carbonyl (C=O) groups excluding carboxylic acids is 2. The van der Waals surface area contributed by atoms with Gasteiger partial charge in [-0.3, -0.25) is 9.59 Å². The first-order chi connectivity index (χ1) is 16.6. The molecule has 2 aromatic rings. The van der Waals surface area contributed by atoms with Crippen LogP contribution in [0.3, 0.4) is 0 Å². The van der Waals surface area contributed by atoms with Crippen LogP contribution in [0.4, 0.5) is 0 Å². The molecule has 4 rings (SSSR count). The summed E-state index contributed by atoms with van der Waals surface area (Å²) in [5.74, 6) is -0.607. The summed E-state index contributed by atoms with van der Waals surface area (Å²) in [6, 6.07) is 12.7. The van der Waals surface area contributed by atoms with E-state index in [-0.39, 0.29) is 22.9 Å². The van der Waals surface area contributed by atoms with E-state index in [1.807, 2.05) is 50.2 Å². The zero-order valence-electron chi connectivity index (χ0n) is 21.3. The number of hydrogen-bond donors (Lipinski definition) is 1. The van der Waals surface area contributed by atoms with E-state index in [2.05, 4.69) is 20.8 Å². The average Bonchev–Trinajstić information content (AvgIpc) is 3.38. The topological polar surface area (TPSA) is 76.1 Å². The van der Waals surface area contributed by atoms with Crippen molar-refractivity contribution in [3.63, 3.8) is 0 Å². The fourth-order valence-electron chi connectivity index (χ4n) is 4.67. The highest BCUT2D eigenvalue weighted by molar-refractivity contribution is 6.46. The molecule has 1 N–H and O–H groups in total. The molecule has 6 nitrogen and oxygen atoms in total. The Bertz CT molecular complexity index is 1140. The first kappa shape index (κ1) is 25.0. The number of aliphatic hydroxyl groups excluding tert-OH is 1. The van der Waals surface area contributed by atoms with E-state index in [9.17, 15) is 14.7 Å². The Morgan fingerprint density at radius 1 is 1.14 bits per heavy atom. The number of hydrogen-bond acceptors (Lipinski definition) is 5. The quantitative estimate of drug-likeness (QED) is 0.258. The molecule has 1 unspecified atom stereocenters. The third-order valence-electron chi connectivity index (χ3n) is 6.59. The zero-order chi connectivity index (χ0) is 25.3. The molecule has 0 aromatic heterocycles. The van der Waals surface area contributed by atoms with Crippen molar-refractivity contribution >= 4 is 17.4 Å². The number of benzene rings is 2. The van der Waals surface area contributed by atoms with Gasteiger partial charge in [0, 0.05) is 25.1 Å². The Morgan fingerprint density at radius 3 is 2.51 bits per heavy atom. The second kappa shape index (κ2) is 9.86. The molecule has 2 heterocycles. The van der Waals surface area contributed by atoms with E-state index in [0.29, 0.717) is 31.7 Å². The van der Waals surface area contributed by atoms with Crippen LogP contribution in [0.5, 0.6) is 5.75 Å². The first-order valence-corrected chi connectivity index (χ1v) is 12.3. The van der Waals surface area contributed by atoms with Gasteiger partial charge < -0.3 is 19.5 Å². The van der Waals surface area contributed by atoms with Crippen LogP contribution in [0.15, 0.2) is 48.0 Å². The Kier molecular flexibility index (Phi) is 7.04. The molecule has 2 aliphatic rings. The number of Topliss-reactive ketones (excluding diaryl/α,β-unsaturated/α-hetero) is 1. The molecule has 2 aromatic carbocycles. The zero-order valence-corrected chi connectivity index (χ0v) is 21.3. The SMILES string of the molecule is CC(C)OCCCN1C(=O)C(=O)/C(=C(\O)c2ccc3c(c2)CCO3)C1c1ccc(C(C)(C)C)cc1. The standard InChI is InChI=1S/C29H35NO5/c1-18(2)34-15-6-14-30-25(19-7-10-22(11-8-19)29(3,4)5)24(27(32)28(30)33)26(31)21-9-12-23-20(17-21)13-16-35-23/h7-12,17-18,25,31H,6,13-16H2,1-5H3/b26-24-. The second-order valence-corrected chi connectivity index (χ2v) is 10.6. The number of ketones is 1. The van der Waals surface area contributed by atoms with E-state index in [4.69, 9.17) is 9.47 Å². The van der Waals surface area contributed by atoms with Crippen molar-refractivity contribution in [2.24, 2.45) is 0 Å². The number of likely N-dealkylation sites (tertiary alicyclic amines) is 1. The molecule has 35 heavy (non-hydrogen) atoms. The van der Waals surface area contributed by atoms with Crippen LogP contribution >= 0.6 is 0 Å². The van der Waals surface area contributed by atoms with Crippen LogP contribution < -0.4 is 4.74 Å². The van der Waals surface area contributed by atoms with Crippen LogP contribution in [0, 0.1) is 0 Å². The largest absolute Gasteiger partial charge is 0.507 e. The molecule has 0 bridgehead atoms. The van der Waals surface area contributed by atoms with Crippen LogP contribution in [-0.2, 0) is 26.2 Å². The van der Waals surface area contributed by atoms with E-state index in [0.717, 1.165) is 28.9 Å². The van der Waals surface area contributed by atoms with Crippen LogP contribution in [0.1, 0.15) is 69.3 Å². The molecule has 2 aliphatic heterocycles. The predicted molar refractivity (Wildman–Crippen MR) is 135 cm³/mol. The van der Waals surface area contributed by atoms with Crippen LogP contribution in [0.2, 0.25) is 0 Å². The van der Waals surface area contributed by atoms with Gasteiger partial charge in [-0.15, -0.1) is 0 Å². The van der Waals surface area contributed by atoms with Gasteiger partial charge >= 0.3 is 0 Å².